The molecule has 1 aliphatic carbocycles. The molecule has 26 heavy (non-hydrogen) atoms. The summed E-state index contributed by atoms with van der Waals surface area (Å²) in [6, 6.07) is 5.17. The van der Waals surface area contributed by atoms with Crippen LogP contribution in [0.15, 0.2) is 18.2 Å². The SMILES string of the molecule is Cc1cc(C(CC(=O)NCCCC2CCS(=O)(=O)C2)C2CC2)ccc1F. The van der Waals surface area contributed by atoms with Crippen molar-refractivity contribution in [3.8, 4) is 0 Å². The highest BCUT2D eigenvalue weighted by molar-refractivity contribution is 7.91. The molecular weight excluding hydrogens is 353 g/mol. The van der Waals surface area contributed by atoms with E-state index in [1.807, 2.05) is 6.07 Å². The number of sulfone groups is 1. The number of hydrogen-bond donors (Lipinski definition) is 1. The first-order chi connectivity index (χ1) is 12.3. The minimum absolute atomic E-state index is 0.0305. The lowest BCUT2D eigenvalue weighted by atomic mass is 9.89. The van der Waals surface area contributed by atoms with Crippen molar-refractivity contribution in [2.45, 2.75) is 51.4 Å². The quantitative estimate of drug-likeness (QED) is 0.703. The molecule has 1 aromatic rings. The fourth-order valence-corrected chi connectivity index (χ4v) is 5.85. The van der Waals surface area contributed by atoms with Crippen molar-refractivity contribution in [2.75, 3.05) is 18.1 Å². The van der Waals surface area contributed by atoms with Gasteiger partial charge in [0.05, 0.1) is 11.5 Å². The van der Waals surface area contributed by atoms with Crippen molar-refractivity contribution in [2.24, 2.45) is 11.8 Å². The number of nitrogens with one attached hydrogen (secondary N) is 1. The largest absolute Gasteiger partial charge is 0.356 e. The molecule has 2 aliphatic rings. The second-order valence-corrected chi connectivity index (χ2v) is 10.1. The summed E-state index contributed by atoms with van der Waals surface area (Å²) < 4.78 is 36.4. The number of halogens is 1. The number of aryl methyl sites for hydroxylation is 1. The second kappa shape index (κ2) is 8.07. The monoisotopic (exact) mass is 381 g/mol. The Hall–Kier alpha value is -1.43. The maximum Gasteiger partial charge on any atom is 0.220 e. The van der Waals surface area contributed by atoms with Crippen LogP contribution in [0.4, 0.5) is 4.39 Å². The van der Waals surface area contributed by atoms with Gasteiger partial charge in [0, 0.05) is 13.0 Å². The van der Waals surface area contributed by atoms with Crippen LogP contribution in [-0.4, -0.2) is 32.4 Å². The highest BCUT2D eigenvalue weighted by atomic mass is 32.2. The lowest BCUT2D eigenvalue weighted by molar-refractivity contribution is -0.121. The van der Waals surface area contributed by atoms with Crippen molar-refractivity contribution in [1.82, 2.24) is 5.32 Å². The molecule has 0 spiro atoms. The van der Waals surface area contributed by atoms with Crippen LogP contribution in [0, 0.1) is 24.6 Å². The van der Waals surface area contributed by atoms with Gasteiger partial charge in [-0.15, -0.1) is 0 Å². The molecule has 1 aliphatic heterocycles. The van der Waals surface area contributed by atoms with Gasteiger partial charge in [-0.25, -0.2) is 12.8 Å². The molecule has 1 saturated heterocycles. The van der Waals surface area contributed by atoms with Gasteiger partial charge in [-0.05, 0) is 74.0 Å². The van der Waals surface area contributed by atoms with E-state index in [9.17, 15) is 17.6 Å². The van der Waals surface area contributed by atoms with Crippen molar-refractivity contribution >= 4 is 15.7 Å². The molecule has 1 amide bonds. The van der Waals surface area contributed by atoms with E-state index in [1.165, 1.54) is 6.07 Å². The van der Waals surface area contributed by atoms with Crippen molar-refractivity contribution in [3.05, 3.63) is 35.1 Å². The third-order valence-electron chi connectivity index (χ3n) is 5.64. The smallest absolute Gasteiger partial charge is 0.220 e. The lowest BCUT2D eigenvalue weighted by Crippen LogP contribution is -2.27. The van der Waals surface area contributed by atoms with E-state index in [-0.39, 0.29) is 23.6 Å². The Bertz CT molecular complexity index is 758. The van der Waals surface area contributed by atoms with E-state index in [0.29, 0.717) is 36.0 Å². The summed E-state index contributed by atoms with van der Waals surface area (Å²) in [6.07, 6.45) is 5.12. The van der Waals surface area contributed by atoms with E-state index >= 15 is 0 Å². The summed E-state index contributed by atoms with van der Waals surface area (Å²) in [5, 5.41) is 2.97. The fourth-order valence-electron chi connectivity index (χ4n) is 3.94. The zero-order chi connectivity index (χ0) is 18.7. The average Bonchev–Trinajstić information content (AvgIpc) is 3.36. The van der Waals surface area contributed by atoms with E-state index in [1.54, 1.807) is 13.0 Å². The molecule has 0 aromatic heterocycles. The van der Waals surface area contributed by atoms with Gasteiger partial charge in [-0.2, -0.15) is 0 Å². The number of carbonyl (C=O) groups excluding carboxylic acids is 1. The third kappa shape index (κ3) is 5.29. The Morgan fingerprint density at radius 1 is 1.31 bits per heavy atom. The molecule has 6 heteroatoms. The Morgan fingerprint density at radius 3 is 2.69 bits per heavy atom. The van der Waals surface area contributed by atoms with Gasteiger partial charge in [0.2, 0.25) is 5.91 Å². The molecule has 0 bridgehead atoms. The zero-order valence-electron chi connectivity index (χ0n) is 15.3. The molecular formula is C20H28FNO3S. The van der Waals surface area contributed by atoms with Gasteiger partial charge in [-0.1, -0.05) is 12.1 Å². The molecule has 1 N–H and O–H groups in total. The van der Waals surface area contributed by atoms with Crippen LogP contribution in [0.25, 0.3) is 0 Å². The van der Waals surface area contributed by atoms with Crippen LogP contribution in [0.3, 0.4) is 0 Å². The Kier molecular flexibility index (Phi) is 6.00. The number of hydrogen-bond acceptors (Lipinski definition) is 3. The maximum absolute atomic E-state index is 13.5. The summed E-state index contributed by atoms with van der Waals surface area (Å²) in [5.41, 5.74) is 1.68. The molecule has 1 aromatic carbocycles. The summed E-state index contributed by atoms with van der Waals surface area (Å²) in [7, 11) is -2.82. The van der Waals surface area contributed by atoms with Crippen molar-refractivity contribution in [3.63, 3.8) is 0 Å². The third-order valence-corrected chi connectivity index (χ3v) is 7.48. The van der Waals surface area contributed by atoms with Crippen LogP contribution in [0.1, 0.15) is 55.6 Å². The first-order valence-corrected chi connectivity index (χ1v) is 11.4. The van der Waals surface area contributed by atoms with Crippen molar-refractivity contribution in [1.29, 1.82) is 0 Å². The minimum Gasteiger partial charge on any atom is -0.356 e. The van der Waals surface area contributed by atoms with E-state index in [0.717, 1.165) is 37.7 Å². The topological polar surface area (TPSA) is 63.2 Å². The molecule has 0 radical (unpaired) electrons. The Balaban J connectivity index is 1.44. The van der Waals surface area contributed by atoms with E-state index < -0.39 is 9.84 Å². The summed E-state index contributed by atoms with van der Waals surface area (Å²) in [4.78, 5) is 12.3. The van der Waals surface area contributed by atoms with Gasteiger partial charge in [0.15, 0.2) is 9.84 Å². The van der Waals surface area contributed by atoms with Crippen LogP contribution in [0.2, 0.25) is 0 Å². The van der Waals surface area contributed by atoms with E-state index in [2.05, 4.69) is 5.32 Å². The standard InChI is InChI=1S/C20H28FNO3S/c1-14-11-17(6-7-19(14)21)18(16-4-5-16)12-20(23)22-9-2-3-15-8-10-26(24,25)13-15/h6-7,11,15-16,18H,2-5,8-10,12-13H2,1H3,(H,22,23). The summed E-state index contributed by atoms with van der Waals surface area (Å²) in [6.45, 7) is 2.35. The molecule has 4 nitrogen and oxygen atoms in total. The summed E-state index contributed by atoms with van der Waals surface area (Å²) >= 11 is 0. The number of benzene rings is 1. The van der Waals surface area contributed by atoms with Crippen molar-refractivity contribution < 1.29 is 17.6 Å². The van der Waals surface area contributed by atoms with Gasteiger partial charge < -0.3 is 5.32 Å². The van der Waals surface area contributed by atoms with Gasteiger partial charge in [0.25, 0.3) is 0 Å². The number of amides is 1. The fraction of sp³-hybridized carbons (Fsp3) is 0.650. The predicted octanol–water partition coefficient (Wildman–Crippen LogP) is 3.35. The minimum atomic E-state index is -2.82. The molecule has 2 atom stereocenters. The zero-order valence-corrected chi connectivity index (χ0v) is 16.2. The van der Waals surface area contributed by atoms with Crippen LogP contribution < -0.4 is 5.32 Å². The first-order valence-electron chi connectivity index (χ1n) is 9.57. The molecule has 2 unspecified atom stereocenters. The predicted molar refractivity (Wildman–Crippen MR) is 100 cm³/mol. The highest BCUT2D eigenvalue weighted by Crippen LogP contribution is 2.44. The number of rotatable bonds is 8. The molecule has 144 valence electrons. The maximum atomic E-state index is 13.5. The van der Waals surface area contributed by atoms with Crippen LogP contribution >= 0.6 is 0 Å². The average molecular weight is 382 g/mol. The lowest BCUT2D eigenvalue weighted by Gasteiger charge is -2.17. The van der Waals surface area contributed by atoms with Gasteiger partial charge in [-0.3, -0.25) is 4.79 Å². The second-order valence-electron chi connectivity index (χ2n) is 7.92. The summed E-state index contributed by atoms with van der Waals surface area (Å²) in [5.74, 6) is 1.37. The van der Waals surface area contributed by atoms with Crippen LogP contribution in [0.5, 0.6) is 0 Å². The van der Waals surface area contributed by atoms with Gasteiger partial charge >= 0.3 is 0 Å². The Morgan fingerprint density at radius 2 is 2.08 bits per heavy atom. The number of carbonyl (C=O) groups is 1. The molecule has 2 fully saturated rings. The van der Waals surface area contributed by atoms with E-state index in [4.69, 9.17) is 0 Å². The van der Waals surface area contributed by atoms with Gasteiger partial charge in [0.1, 0.15) is 5.82 Å². The molecule has 1 saturated carbocycles. The van der Waals surface area contributed by atoms with Crippen LogP contribution in [-0.2, 0) is 14.6 Å². The molecule has 1 heterocycles. The normalized spacial score (nSPS) is 22.9. The Labute approximate surface area is 155 Å². The highest BCUT2D eigenvalue weighted by Gasteiger charge is 2.34. The first kappa shape index (κ1) is 19.3. The molecule has 3 rings (SSSR count).